The number of nitrogens with one attached hydrogen (secondary N) is 1. The average molecular weight is 443 g/mol. The molecular weight excluding hydrogens is 408 g/mol. The molecule has 0 aromatic heterocycles. The first-order valence-electron chi connectivity index (χ1n) is 11.5. The normalized spacial score (nSPS) is 18.7. The van der Waals surface area contributed by atoms with Crippen LogP contribution in [0.2, 0.25) is 5.02 Å². The van der Waals surface area contributed by atoms with Gasteiger partial charge in [0.25, 0.3) is 5.91 Å². The highest BCUT2D eigenvalue weighted by molar-refractivity contribution is 6.30. The molecule has 1 fully saturated rings. The molecule has 4 nitrogen and oxygen atoms in total. The summed E-state index contributed by atoms with van der Waals surface area (Å²) in [5, 5.41) is 12.9. The number of aliphatic hydroxyl groups excluding tert-OH is 1. The standard InChI is InChI=1S/C26H35ClN2O2/c1-29(26(31)23-8-12-24(27)13-9-23)25-14-10-22(11-15-25)21-6-4-20(5-7-21)16-18-28-17-2-3-19-30/h4-9,12-13,22,25,28,30H,2-3,10-11,14-19H2,1H3/t22-,25-. The Morgan fingerprint density at radius 3 is 2.32 bits per heavy atom. The fourth-order valence-electron chi connectivity index (χ4n) is 4.43. The van der Waals surface area contributed by atoms with Gasteiger partial charge in [-0.1, -0.05) is 35.9 Å². The van der Waals surface area contributed by atoms with Crippen molar-refractivity contribution < 1.29 is 9.90 Å². The summed E-state index contributed by atoms with van der Waals surface area (Å²) in [5.41, 5.74) is 3.48. The fraction of sp³-hybridized carbons (Fsp3) is 0.500. The van der Waals surface area contributed by atoms with Gasteiger partial charge in [-0.3, -0.25) is 4.79 Å². The molecule has 0 atom stereocenters. The van der Waals surface area contributed by atoms with Crippen molar-refractivity contribution in [3.63, 3.8) is 0 Å². The summed E-state index contributed by atoms with van der Waals surface area (Å²) in [4.78, 5) is 14.7. The molecule has 2 aromatic rings. The minimum Gasteiger partial charge on any atom is -0.396 e. The van der Waals surface area contributed by atoms with Crippen molar-refractivity contribution >= 4 is 17.5 Å². The lowest BCUT2D eigenvalue weighted by Crippen LogP contribution is -2.39. The van der Waals surface area contributed by atoms with Crippen LogP contribution in [0.3, 0.4) is 0 Å². The Morgan fingerprint density at radius 2 is 1.68 bits per heavy atom. The number of halogens is 1. The van der Waals surface area contributed by atoms with E-state index < -0.39 is 0 Å². The molecule has 0 saturated heterocycles. The van der Waals surface area contributed by atoms with Gasteiger partial charge >= 0.3 is 0 Å². The third-order valence-corrected chi connectivity index (χ3v) is 6.71. The molecule has 0 spiro atoms. The molecule has 0 heterocycles. The highest BCUT2D eigenvalue weighted by Gasteiger charge is 2.27. The second kappa shape index (κ2) is 12.2. The molecule has 168 valence electrons. The lowest BCUT2D eigenvalue weighted by molar-refractivity contribution is 0.0689. The Bertz CT molecular complexity index is 799. The van der Waals surface area contributed by atoms with Gasteiger partial charge in [0.05, 0.1) is 0 Å². The third-order valence-electron chi connectivity index (χ3n) is 6.46. The maximum absolute atomic E-state index is 12.8. The number of hydrogen-bond acceptors (Lipinski definition) is 3. The quantitative estimate of drug-likeness (QED) is 0.506. The van der Waals surface area contributed by atoms with E-state index in [2.05, 4.69) is 29.6 Å². The van der Waals surface area contributed by atoms with Crippen LogP contribution < -0.4 is 5.32 Å². The van der Waals surface area contributed by atoms with Crippen molar-refractivity contribution in [2.75, 3.05) is 26.7 Å². The maximum Gasteiger partial charge on any atom is 0.253 e. The van der Waals surface area contributed by atoms with Gasteiger partial charge in [-0.2, -0.15) is 0 Å². The molecule has 0 unspecified atom stereocenters. The molecule has 2 N–H and O–H groups in total. The number of aliphatic hydroxyl groups is 1. The van der Waals surface area contributed by atoms with Crippen LogP contribution in [0.15, 0.2) is 48.5 Å². The number of amides is 1. The topological polar surface area (TPSA) is 52.6 Å². The van der Waals surface area contributed by atoms with Crippen LogP contribution in [0, 0.1) is 0 Å². The van der Waals surface area contributed by atoms with Crippen molar-refractivity contribution in [1.29, 1.82) is 0 Å². The second-order valence-corrected chi connectivity index (χ2v) is 9.04. The summed E-state index contributed by atoms with van der Waals surface area (Å²) in [7, 11) is 1.93. The van der Waals surface area contributed by atoms with E-state index in [4.69, 9.17) is 16.7 Å². The smallest absolute Gasteiger partial charge is 0.253 e. The highest BCUT2D eigenvalue weighted by Crippen LogP contribution is 2.35. The van der Waals surface area contributed by atoms with E-state index in [1.165, 1.54) is 11.1 Å². The molecule has 1 amide bonds. The van der Waals surface area contributed by atoms with Gasteiger partial charge in [0.1, 0.15) is 0 Å². The monoisotopic (exact) mass is 442 g/mol. The SMILES string of the molecule is CN(C(=O)c1ccc(Cl)cc1)[C@H]1CC[C@H](c2ccc(CCNCCCCO)cc2)CC1. The predicted octanol–water partition coefficient (Wildman–Crippen LogP) is 5.04. The number of hydrogen-bond donors (Lipinski definition) is 2. The van der Waals surface area contributed by atoms with Crippen molar-refractivity contribution in [3.8, 4) is 0 Å². The number of benzene rings is 2. The molecule has 3 rings (SSSR count). The van der Waals surface area contributed by atoms with Gasteiger partial charge in [-0.15, -0.1) is 0 Å². The molecule has 5 heteroatoms. The maximum atomic E-state index is 12.8. The zero-order valence-electron chi connectivity index (χ0n) is 18.5. The number of carbonyl (C=O) groups is 1. The van der Waals surface area contributed by atoms with E-state index in [9.17, 15) is 4.79 Å². The van der Waals surface area contributed by atoms with Crippen molar-refractivity contribution in [2.24, 2.45) is 0 Å². The zero-order chi connectivity index (χ0) is 22.1. The van der Waals surface area contributed by atoms with Crippen LogP contribution in [-0.4, -0.2) is 48.7 Å². The van der Waals surface area contributed by atoms with Crippen LogP contribution in [0.25, 0.3) is 0 Å². The average Bonchev–Trinajstić information content (AvgIpc) is 2.81. The van der Waals surface area contributed by atoms with Crippen molar-refractivity contribution in [3.05, 3.63) is 70.2 Å². The van der Waals surface area contributed by atoms with Crippen LogP contribution in [0.1, 0.15) is 65.9 Å². The molecule has 1 saturated carbocycles. The van der Waals surface area contributed by atoms with Gasteiger partial charge < -0.3 is 15.3 Å². The minimum absolute atomic E-state index is 0.0782. The van der Waals surface area contributed by atoms with Crippen molar-refractivity contribution in [2.45, 2.75) is 56.9 Å². The van der Waals surface area contributed by atoms with Gasteiger partial charge in [0.15, 0.2) is 0 Å². The summed E-state index contributed by atoms with van der Waals surface area (Å²) in [6.07, 6.45) is 7.25. The molecule has 0 aliphatic heterocycles. The van der Waals surface area contributed by atoms with E-state index in [1.807, 2.05) is 11.9 Å². The number of unbranched alkanes of at least 4 members (excludes halogenated alkanes) is 1. The van der Waals surface area contributed by atoms with E-state index in [0.29, 0.717) is 22.5 Å². The highest BCUT2D eigenvalue weighted by atomic mass is 35.5. The molecule has 0 radical (unpaired) electrons. The van der Waals surface area contributed by atoms with E-state index >= 15 is 0 Å². The van der Waals surface area contributed by atoms with Gasteiger partial charge in [0, 0.05) is 30.3 Å². The first-order chi connectivity index (χ1) is 15.1. The Balaban J connectivity index is 1.43. The molecule has 1 aliphatic rings. The Kier molecular flexibility index (Phi) is 9.38. The summed E-state index contributed by atoms with van der Waals surface area (Å²) < 4.78 is 0. The minimum atomic E-state index is 0.0782. The summed E-state index contributed by atoms with van der Waals surface area (Å²) in [6, 6.07) is 16.5. The Hall–Kier alpha value is -1.88. The zero-order valence-corrected chi connectivity index (χ0v) is 19.3. The second-order valence-electron chi connectivity index (χ2n) is 8.60. The molecular formula is C26H35ClN2O2. The number of nitrogens with zero attached hydrogens (tertiary/aromatic N) is 1. The molecule has 0 bridgehead atoms. The van der Waals surface area contributed by atoms with E-state index in [-0.39, 0.29) is 12.5 Å². The third kappa shape index (κ3) is 7.06. The first kappa shape index (κ1) is 23.8. The van der Waals surface area contributed by atoms with Crippen LogP contribution in [0.5, 0.6) is 0 Å². The molecule has 1 aliphatic carbocycles. The predicted molar refractivity (Wildman–Crippen MR) is 128 cm³/mol. The van der Waals surface area contributed by atoms with Crippen molar-refractivity contribution in [1.82, 2.24) is 10.2 Å². The number of carbonyl (C=O) groups excluding carboxylic acids is 1. The lowest BCUT2D eigenvalue weighted by Gasteiger charge is -2.35. The summed E-state index contributed by atoms with van der Waals surface area (Å²) >= 11 is 5.94. The largest absolute Gasteiger partial charge is 0.396 e. The summed E-state index contributed by atoms with van der Waals surface area (Å²) in [5.74, 6) is 0.662. The molecule has 2 aromatic carbocycles. The van der Waals surface area contributed by atoms with Crippen LogP contribution in [-0.2, 0) is 6.42 Å². The molecule has 31 heavy (non-hydrogen) atoms. The fourth-order valence-corrected chi connectivity index (χ4v) is 4.56. The van der Waals surface area contributed by atoms with E-state index in [1.54, 1.807) is 24.3 Å². The lowest BCUT2D eigenvalue weighted by atomic mass is 9.81. The Labute approximate surface area is 191 Å². The number of rotatable bonds is 10. The Morgan fingerprint density at radius 1 is 1.00 bits per heavy atom. The van der Waals surface area contributed by atoms with Gasteiger partial charge in [-0.25, -0.2) is 0 Å². The van der Waals surface area contributed by atoms with E-state index in [0.717, 1.165) is 58.0 Å². The first-order valence-corrected chi connectivity index (χ1v) is 11.9. The van der Waals surface area contributed by atoms with Gasteiger partial charge in [-0.05, 0) is 99.3 Å². The van der Waals surface area contributed by atoms with Crippen LogP contribution in [0.4, 0.5) is 0 Å². The van der Waals surface area contributed by atoms with Crippen LogP contribution >= 0.6 is 11.6 Å². The summed E-state index contributed by atoms with van der Waals surface area (Å²) in [6.45, 7) is 2.22. The van der Waals surface area contributed by atoms with Gasteiger partial charge in [0.2, 0.25) is 0 Å².